The zero-order chi connectivity index (χ0) is 25.8. The molecule has 1 atom stereocenters. The Morgan fingerprint density at radius 2 is 1.38 bits per heavy atom. The highest BCUT2D eigenvalue weighted by molar-refractivity contribution is 5.84. The van der Waals surface area contributed by atoms with Gasteiger partial charge in [0.1, 0.15) is 5.75 Å². The second-order valence-corrected chi connectivity index (χ2v) is 9.22. The molecule has 0 saturated carbocycles. The Morgan fingerprint density at radius 3 is 2.05 bits per heavy atom. The maximum Gasteiger partial charge on any atom is 0.345 e. The Kier molecular flexibility index (Phi) is 6.86. The van der Waals surface area contributed by atoms with Crippen molar-refractivity contribution in [1.82, 2.24) is 9.78 Å². The predicted octanol–water partition coefficient (Wildman–Crippen LogP) is 7.36. The van der Waals surface area contributed by atoms with Crippen LogP contribution in [0.4, 0.5) is 0 Å². The average molecular weight is 489 g/mol. The van der Waals surface area contributed by atoms with Crippen molar-refractivity contribution in [2.45, 2.75) is 20.0 Å². The van der Waals surface area contributed by atoms with Gasteiger partial charge in [0, 0.05) is 17.0 Å². The number of carboxylic acid groups (broad SMARTS) is 1. The smallest absolute Gasteiger partial charge is 0.345 e. The first-order valence-corrected chi connectivity index (χ1v) is 12.3. The Morgan fingerprint density at radius 1 is 0.757 bits per heavy atom. The van der Waals surface area contributed by atoms with Gasteiger partial charge < -0.3 is 9.84 Å². The quantitative estimate of drug-likeness (QED) is 0.248. The molecule has 0 aliphatic heterocycles. The second-order valence-electron chi connectivity index (χ2n) is 9.22. The zero-order valence-corrected chi connectivity index (χ0v) is 20.8. The van der Waals surface area contributed by atoms with Crippen molar-refractivity contribution in [3.63, 3.8) is 0 Å². The maximum absolute atomic E-state index is 11.7. The molecule has 1 heterocycles. The summed E-state index contributed by atoms with van der Waals surface area (Å²) in [6, 6.07) is 38.1. The number of para-hydroxylation sites is 1. The molecule has 0 fully saturated rings. The van der Waals surface area contributed by atoms with E-state index in [1.54, 1.807) is 6.07 Å². The molecule has 37 heavy (non-hydrogen) atoms. The Hall–Kier alpha value is -4.64. The molecule has 0 saturated heterocycles. The van der Waals surface area contributed by atoms with E-state index < -0.39 is 12.1 Å². The highest BCUT2D eigenvalue weighted by Gasteiger charge is 2.24. The van der Waals surface area contributed by atoms with E-state index in [1.165, 1.54) is 0 Å². The van der Waals surface area contributed by atoms with Gasteiger partial charge in [-0.25, -0.2) is 9.48 Å². The Labute approximate surface area is 216 Å². The van der Waals surface area contributed by atoms with Gasteiger partial charge in [0.2, 0.25) is 0 Å². The van der Waals surface area contributed by atoms with Gasteiger partial charge in [-0.3, -0.25) is 0 Å². The van der Waals surface area contributed by atoms with Crippen LogP contribution >= 0.6 is 0 Å². The van der Waals surface area contributed by atoms with Crippen molar-refractivity contribution in [3.8, 4) is 45.1 Å². The van der Waals surface area contributed by atoms with Crippen molar-refractivity contribution in [1.29, 1.82) is 0 Å². The average Bonchev–Trinajstić information content (AvgIpc) is 3.38. The van der Waals surface area contributed by atoms with Crippen LogP contribution in [0.25, 0.3) is 39.3 Å². The highest BCUT2D eigenvalue weighted by Crippen LogP contribution is 2.36. The van der Waals surface area contributed by atoms with Gasteiger partial charge in [-0.15, -0.1) is 0 Å². The summed E-state index contributed by atoms with van der Waals surface area (Å²) in [5, 5.41) is 14.6. The first kappa shape index (κ1) is 24.1. The van der Waals surface area contributed by atoms with Crippen LogP contribution in [0.2, 0.25) is 0 Å². The molecular weight excluding hydrogens is 460 g/mol. The van der Waals surface area contributed by atoms with Crippen LogP contribution in [0.5, 0.6) is 5.75 Å². The highest BCUT2D eigenvalue weighted by atomic mass is 16.5. The standard InChI is InChI=1S/C32H28N2O3/c1-22(2)31(32(35)36)37-26-17-11-14-24(20-26)27-18-9-10-19-28(27)29-21-30(23-12-5-3-6-13-23)34(33-29)25-15-7-4-8-16-25/h3-22,31H,1-2H3,(H,35,36). The van der Waals surface area contributed by atoms with Crippen LogP contribution in [0.15, 0.2) is 115 Å². The Balaban J connectivity index is 1.59. The van der Waals surface area contributed by atoms with E-state index in [1.807, 2.05) is 97.4 Å². The minimum absolute atomic E-state index is 0.160. The fourth-order valence-electron chi connectivity index (χ4n) is 4.41. The van der Waals surface area contributed by atoms with Gasteiger partial charge in [0.05, 0.1) is 17.1 Å². The van der Waals surface area contributed by atoms with Crippen molar-refractivity contribution < 1.29 is 14.6 Å². The molecule has 184 valence electrons. The minimum Gasteiger partial charge on any atom is -0.478 e. The van der Waals surface area contributed by atoms with E-state index in [0.717, 1.165) is 39.3 Å². The molecular formula is C32H28N2O3. The van der Waals surface area contributed by atoms with Crippen molar-refractivity contribution >= 4 is 5.97 Å². The molecule has 0 amide bonds. The molecule has 0 aliphatic carbocycles. The van der Waals surface area contributed by atoms with Gasteiger partial charge in [-0.05, 0) is 41.5 Å². The van der Waals surface area contributed by atoms with Crippen molar-refractivity contribution in [3.05, 3.63) is 115 Å². The van der Waals surface area contributed by atoms with Gasteiger partial charge in [0.15, 0.2) is 6.10 Å². The topological polar surface area (TPSA) is 64.4 Å². The van der Waals surface area contributed by atoms with Crippen LogP contribution in [-0.4, -0.2) is 27.0 Å². The zero-order valence-electron chi connectivity index (χ0n) is 20.8. The van der Waals surface area contributed by atoms with E-state index in [9.17, 15) is 9.90 Å². The van der Waals surface area contributed by atoms with Gasteiger partial charge in [-0.2, -0.15) is 5.10 Å². The number of aromatic nitrogens is 2. The van der Waals surface area contributed by atoms with Crippen LogP contribution in [0.3, 0.4) is 0 Å². The summed E-state index contributed by atoms with van der Waals surface area (Å²) in [7, 11) is 0. The maximum atomic E-state index is 11.7. The monoisotopic (exact) mass is 488 g/mol. The number of hydrogen-bond acceptors (Lipinski definition) is 3. The molecule has 5 nitrogen and oxygen atoms in total. The molecule has 0 aliphatic rings. The summed E-state index contributed by atoms with van der Waals surface area (Å²) < 4.78 is 7.84. The predicted molar refractivity (Wildman–Crippen MR) is 147 cm³/mol. The van der Waals surface area contributed by atoms with Gasteiger partial charge in [-0.1, -0.05) is 98.8 Å². The third-order valence-electron chi connectivity index (χ3n) is 6.24. The third kappa shape index (κ3) is 5.16. The fraction of sp³-hybridized carbons (Fsp3) is 0.125. The van der Waals surface area contributed by atoms with E-state index in [2.05, 4.69) is 30.3 Å². The minimum atomic E-state index is -0.972. The number of carbonyl (C=O) groups is 1. The number of rotatable bonds is 8. The molecule has 5 heteroatoms. The van der Waals surface area contributed by atoms with Crippen molar-refractivity contribution in [2.24, 2.45) is 5.92 Å². The summed E-state index contributed by atoms with van der Waals surface area (Å²) >= 11 is 0. The van der Waals surface area contributed by atoms with E-state index in [4.69, 9.17) is 9.84 Å². The first-order chi connectivity index (χ1) is 18.0. The molecule has 0 radical (unpaired) electrons. The number of carboxylic acids is 1. The molecule has 0 bridgehead atoms. The lowest BCUT2D eigenvalue weighted by atomic mass is 9.97. The Bertz CT molecular complexity index is 1450. The molecule has 5 aromatic rings. The second kappa shape index (κ2) is 10.5. The molecule has 5 rings (SSSR count). The summed E-state index contributed by atoms with van der Waals surface area (Å²) in [6.45, 7) is 3.68. The number of hydrogen-bond donors (Lipinski definition) is 1. The number of benzene rings is 4. The summed E-state index contributed by atoms with van der Waals surface area (Å²) in [6.07, 6.45) is -0.916. The molecule has 4 aromatic carbocycles. The van der Waals surface area contributed by atoms with Gasteiger partial charge >= 0.3 is 5.97 Å². The number of ether oxygens (including phenoxy) is 1. The molecule has 0 spiro atoms. The number of aliphatic carboxylic acids is 1. The lowest BCUT2D eigenvalue weighted by Crippen LogP contribution is -2.32. The fourth-order valence-corrected chi connectivity index (χ4v) is 4.41. The third-order valence-corrected chi connectivity index (χ3v) is 6.24. The largest absolute Gasteiger partial charge is 0.478 e. The van der Waals surface area contributed by atoms with E-state index in [0.29, 0.717) is 5.75 Å². The lowest BCUT2D eigenvalue weighted by molar-refractivity contribution is -0.147. The van der Waals surface area contributed by atoms with Crippen molar-refractivity contribution in [2.75, 3.05) is 0 Å². The van der Waals surface area contributed by atoms with E-state index in [-0.39, 0.29) is 5.92 Å². The lowest BCUT2D eigenvalue weighted by Gasteiger charge is -2.19. The first-order valence-electron chi connectivity index (χ1n) is 12.3. The van der Waals surface area contributed by atoms with Crippen LogP contribution < -0.4 is 4.74 Å². The SMILES string of the molecule is CC(C)C(Oc1cccc(-c2ccccc2-c2cc(-c3ccccc3)n(-c3ccccc3)n2)c1)C(=O)O. The molecule has 1 unspecified atom stereocenters. The summed E-state index contributed by atoms with van der Waals surface area (Å²) in [5.41, 5.74) is 6.79. The number of nitrogens with zero attached hydrogens (tertiary/aromatic N) is 2. The van der Waals surface area contributed by atoms with Crippen LogP contribution in [0.1, 0.15) is 13.8 Å². The normalized spacial score (nSPS) is 11.9. The molecule has 1 aromatic heterocycles. The summed E-state index contributed by atoms with van der Waals surface area (Å²) in [4.78, 5) is 11.7. The van der Waals surface area contributed by atoms with Gasteiger partial charge in [0.25, 0.3) is 0 Å². The van der Waals surface area contributed by atoms with E-state index >= 15 is 0 Å². The molecule has 1 N–H and O–H groups in total. The van der Waals surface area contributed by atoms with Crippen LogP contribution in [0, 0.1) is 5.92 Å². The van der Waals surface area contributed by atoms with Crippen LogP contribution in [-0.2, 0) is 4.79 Å². The summed E-state index contributed by atoms with van der Waals surface area (Å²) in [5.74, 6) is -0.610.